The van der Waals surface area contributed by atoms with Crippen LogP contribution in [0.5, 0.6) is 0 Å². The van der Waals surface area contributed by atoms with Crippen LogP contribution in [0, 0.1) is 0 Å². The molecule has 0 aliphatic rings. The minimum Gasteiger partial charge on any atom is -0.392 e. The Balaban J connectivity index is 3.74. The number of hydrogen-bond donors (Lipinski definition) is 1. The molecule has 0 radical (unpaired) electrons. The Kier molecular flexibility index (Phi) is 6.67. The van der Waals surface area contributed by atoms with Crippen LogP contribution in [0.2, 0.25) is 0 Å². The van der Waals surface area contributed by atoms with Gasteiger partial charge < -0.3 is 5.11 Å². The first-order chi connectivity index (χ1) is 5.70. The molecule has 12 heavy (non-hydrogen) atoms. The number of hydrogen-bond acceptors (Lipinski definition) is 1. The second kappa shape index (κ2) is 7.04. The number of rotatable bonds is 5. The van der Waals surface area contributed by atoms with Crippen LogP contribution < -0.4 is 0 Å². The summed E-state index contributed by atoms with van der Waals surface area (Å²) < 4.78 is 12.2. The molecule has 0 rings (SSSR count). The SMILES string of the molecule is CC(C)=CCCC(=CCO)CF. The van der Waals surface area contributed by atoms with Gasteiger partial charge in [-0.15, -0.1) is 0 Å². The van der Waals surface area contributed by atoms with Crippen LogP contribution in [0.15, 0.2) is 23.3 Å². The maximum Gasteiger partial charge on any atom is 0.111 e. The molecule has 0 atom stereocenters. The third kappa shape index (κ3) is 6.10. The van der Waals surface area contributed by atoms with Gasteiger partial charge in [-0.3, -0.25) is 0 Å². The predicted octanol–water partition coefficient (Wildman–Crippen LogP) is 2.62. The second-order valence-corrected chi connectivity index (χ2v) is 3.00. The van der Waals surface area contributed by atoms with Crippen molar-refractivity contribution in [3.8, 4) is 0 Å². The van der Waals surface area contributed by atoms with Gasteiger partial charge in [-0.25, -0.2) is 4.39 Å². The summed E-state index contributed by atoms with van der Waals surface area (Å²) in [5, 5.41) is 8.52. The topological polar surface area (TPSA) is 20.2 Å². The molecule has 0 aromatic carbocycles. The smallest absolute Gasteiger partial charge is 0.111 e. The van der Waals surface area contributed by atoms with E-state index in [0.29, 0.717) is 12.0 Å². The molecule has 2 heteroatoms. The molecule has 0 heterocycles. The first-order valence-corrected chi connectivity index (χ1v) is 4.18. The Morgan fingerprint density at radius 2 is 2.00 bits per heavy atom. The highest BCUT2D eigenvalue weighted by atomic mass is 19.1. The van der Waals surface area contributed by atoms with Crippen LogP contribution in [0.1, 0.15) is 26.7 Å². The molecule has 0 fully saturated rings. The lowest BCUT2D eigenvalue weighted by Crippen LogP contribution is -1.88. The Morgan fingerprint density at radius 3 is 2.42 bits per heavy atom. The van der Waals surface area contributed by atoms with Crippen molar-refractivity contribution in [3.05, 3.63) is 23.3 Å². The third-order valence-electron chi connectivity index (χ3n) is 1.57. The van der Waals surface area contributed by atoms with Gasteiger partial charge in [0.1, 0.15) is 6.67 Å². The summed E-state index contributed by atoms with van der Waals surface area (Å²) >= 11 is 0. The molecule has 0 aromatic heterocycles. The molecule has 0 saturated carbocycles. The molecule has 0 amide bonds. The van der Waals surface area contributed by atoms with Crippen molar-refractivity contribution in [2.75, 3.05) is 13.3 Å². The van der Waals surface area contributed by atoms with Crippen molar-refractivity contribution in [1.29, 1.82) is 0 Å². The van der Waals surface area contributed by atoms with Gasteiger partial charge in [-0.05, 0) is 32.3 Å². The lowest BCUT2D eigenvalue weighted by molar-refractivity contribution is 0.340. The second-order valence-electron chi connectivity index (χ2n) is 3.00. The molecule has 0 aliphatic heterocycles. The number of aliphatic hydroxyl groups excluding tert-OH is 1. The predicted molar refractivity (Wildman–Crippen MR) is 49.8 cm³/mol. The fraction of sp³-hybridized carbons (Fsp3) is 0.600. The zero-order valence-corrected chi connectivity index (χ0v) is 7.81. The van der Waals surface area contributed by atoms with Gasteiger partial charge in [0.15, 0.2) is 0 Å². The number of allylic oxidation sites excluding steroid dienone is 3. The number of alkyl halides is 1. The molecule has 1 N–H and O–H groups in total. The summed E-state index contributed by atoms with van der Waals surface area (Å²) in [6, 6.07) is 0. The highest BCUT2D eigenvalue weighted by Gasteiger charge is 1.93. The van der Waals surface area contributed by atoms with Crippen molar-refractivity contribution in [3.63, 3.8) is 0 Å². The van der Waals surface area contributed by atoms with Gasteiger partial charge in [0.05, 0.1) is 6.61 Å². The Hall–Kier alpha value is -0.630. The van der Waals surface area contributed by atoms with Crippen LogP contribution in [-0.2, 0) is 0 Å². The minimum absolute atomic E-state index is 0.0614. The molecule has 0 bridgehead atoms. The zero-order chi connectivity index (χ0) is 9.40. The maximum atomic E-state index is 12.2. The van der Waals surface area contributed by atoms with E-state index in [1.165, 1.54) is 5.57 Å². The minimum atomic E-state index is -0.447. The molecule has 0 aromatic rings. The lowest BCUT2D eigenvalue weighted by atomic mass is 10.1. The maximum absolute atomic E-state index is 12.2. The molecule has 0 unspecified atom stereocenters. The van der Waals surface area contributed by atoms with Gasteiger partial charge >= 0.3 is 0 Å². The summed E-state index contributed by atoms with van der Waals surface area (Å²) in [5.74, 6) is 0. The average molecular weight is 172 g/mol. The van der Waals surface area contributed by atoms with E-state index in [1.54, 1.807) is 6.08 Å². The highest BCUT2D eigenvalue weighted by molar-refractivity contribution is 5.05. The first kappa shape index (κ1) is 11.4. The Morgan fingerprint density at radius 1 is 1.33 bits per heavy atom. The van der Waals surface area contributed by atoms with Gasteiger partial charge in [-0.1, -0.05) is 17.7 Å². The van der Waals surface area contributed by atoms with Crippen molar-refractivity contribution >= 4 is 0 Å². The van der Waals surface area contributed by atoms with Crippen molar-refractivity contribution in [1.82, 2.24) is 0 Å². The highest BCUT2D eigenvalue weighted by Crippen LogP contribution is 2.07. The summed E-state index contributed by atoms with van der Waals surface area (Å²) in [5.41, 5.74) is 1.94. The van der Waals surface area contributed by atoms with Crippen LogP contribution >= 0.6 is 0 Å². The van der Waals surface area contributed by atoms with Crippen LogP contribution in [-0.4, -0.2) is 18.4 Å². The van der Waals surface area contributed by atoms with Crippen molar-refractivity contribution < 1.29 is 9.50 Å². The fourth-order valence-corrected chi connectivity index (χ4v) is 0.899. The summed E-state index contributed by atoms with van der Waals surface area (Å²) in [6.07, 6.45) is 5.18. The lowest BCUT2D eigenvalue weighted by Gasteiger charge is -1.99. The van der Waals surface area contributed by atoms with Gasteiger partial charge in [0.25, 0.3) is 0 Å². The van der Waals surface area contributed by atoms with Crippen LogP contribution in [0.3, 0.4) is 0 Å². The van der Waals surface area contributed by atoms with Crippen LogP contribution in [0.4, 0.5) is 4.39 Å². The molecule has 1 nitrogen and oxygen atoms in total. The molecule has 0 saturated heterocycles. The summed E-state index contributed by atoms with van der Waals surface area (Å²) in [7, 11) is 0. The summed E-state index contributed by atoms with van der Waals surface area (Å²) in [6.45, 7) is 3.53. The standard InChI is InChI=1S/C10H17FO/c1-9(2)4-3-5-10(8-11)6-7-12/h4,6,12H,3,5,7-8H2,1-2H3. The van der Waals surface area contributed by atoms with Gasteiger partial charge in [-0.2, -0.15) is 0 Å². The zero-order valence-electron chi connectivity index (χ0n) is 7.81. The van der Waals surface area contributed by atoms with E-state index in [2.05, 4.69) is 6.08 Å². The van der Waals surface area contributed by atoms with Crippen molar-refractivity contribution in [2.45, 2.75) is 26.7 Å². The van der Waals surface area contributed by atoms with E-state index in [9.17, 15) is 4.39 Å². The number of aliphatic hydroxyl groups is 1. The average Bonchev–Trinajstić information content (AvgIpc) is 2.02. The van der Waals surface area contributed by atoms with E-state index in [-0.39, 0.29) is 6.61 Å². The van der Waals surface area contributed by atoms with E-state index in [1.807, 2.05) is 13.8 Å². The molecule has 70 valence electrons. The van der Waals surface area contributed by atoms with E-state index < -0.39 is 6.67 Å². The van der Waals surface area contributed by atoms with Crippen molar-refractivity contribution in [2.24, 2.45) is 0 Å². The van der Waals surface area contributed by atoms with Crippen LogP contribution in [0.25, 0.3) is 0 Å². The third-order valence-corrected chi connectivity index (χ3v) is 1.57. The van der Waals surface area contributed by atoms with E-state index in [4.69, 9.17) is 5.11 Å². The molecule has 0 spiro atoms. The van der Waals surface area contributed by atoms with Gasteiger partial charge in [0.2, 0.25) is 0 Å². The van der Waals surface area contributed by atoms with E-state index in [0.717, 1.165) is 6.42 Å². The molecular weight excluding hydrogens is 155 g/mol. The largest absolute Gasteiger partial charge is 0.392 e. The first-order valence-electron chi connectivity index (χ1n) is 4.18. The normalized spacial score (nSPS) is 11.5. The number of halogens is 1. The Bertz CT molecular complexity index is 167. The summed E-state index contributed by atoms with van der Waals surface area (Å²) in [4.78, 5) is 0. The molecule has 0 aliphatic carbocycles. The monoisotopic (exact) mass is 172 g/mol. The van der Waals surface area contributed by atoms with Gasteiger partial charge in [0, 0.05) is 0 Å². The fourth-order valence-electron chi connectivity index (χ4n) is 0.899. The molecular formula is C10H17FO. The van der Waals surface area contributed by atoms with E-state index >= 15 is 0 Å². The quantitative estimate of drug-likeness (QED) is 0.632. The Labute approximate surface area is 73.6 Å².